The second kappa shape index (κ2) is 9.14. The predicted molar refractivity (Wildman–Crippen MR) is 103 cm³/mol. The molecule has 2 amide bonds. The molecule has 0 saturated carbocycles. The normalized spacial score (nSPS) is 14.9. The lowest BCUT2D eigenvalue weighted by Crippen LogP contribution is -2.40. The van der Waals surface area contributed by atoms with Gasteiger partial charge < -0.3 is 20.1 Å². The van der Waals surface area contributed by atoms with Crippen molar-refractivity contribution in [1.82, 2.24) is 10.2 Å². The van der Waals surface area contributed by atoms with Gasteiger partial charge in [-0.05, 0) is 28.8 Å². The molecular weight excluding hydrogens is 360 g/mol. The Morgan fingerprint density at radius 1 is 1.04 bits per heavy atom. The fourth-order valence-corrected chi connectivity index (χ4v) is 3.12. The van der Waals surface area contributed by atoms with E-state index in [1.165, 1.54) is 0 Å². The van der Waals surface area contributed by atoms with E-state index in [1.54, 1.807) is 4.90 Å². The van der Waals surface area contributed by atoms with Gasteiger partial charge in [0.15, 0.2) is 0 Å². The van der Waals surface area contributed by atoms with Crippen molar-refractivity contribution in [1.29, 1.82) is 0 Å². The van der Waals surface area contributed by atoms with Gasteiger partial charge in [0, 0.05) is 25.1 Å². The van der Waals surface area contributed by atoms with E-state index < -0.39 is 12.0 Å². The van der Waals surface area contributed by atoms with Crippen LogP contribution in [-0.4, -0.2) is 60.6 Å². The van der Waals surface area contributed by atoms with Crippen LogP contribution in [0.25, 0.3) is 11.1 Å². The number of carbonyl (C=O) groups excluding carboxylic acids is 2. The minimum absolute atomic E-state index is 0.00703. The summed E-state index contributed by atoms with van der Waals surface area (Å²) in [5, 5.41) is 11.4. The predicted octanol–water partition coefficient (Wildman–Crippen LogP) is 1.57. The zero-order valence-electron chi connectivity index (χ0n) is 15.3. The van der Waals surface area contributed by atoms with Gasteiger partial charge in [-0.15, -0.1) is 0 Å². The molecule has 1 aliphatic rings. The fourth-order valence-electron chi connectivity index (χ4n) is 3.12. The van der Waals surface area contributed by atoms with Gasteiger partial charge in [0.25, 0.3) is 5.91 Å². The van der Waals surface area contributed by atoms with Gasteiger partial charge in [0.05, 0.1) is 13.2 Å². The number of nitrogens with one attached hydrogen (secondary N) is 1. The van der Waals surface area contributed by atoms with E-state index in [9.17, 15) is 14.4 Å². The lowest BCUT2D eigenvalue weighted by molar-refractivity contribution is -0.140. The van der Waals surface area contributed by atoms with Crippen LogP contribution in [-0.2, 0) is 20.7 Å². The standard InChI is InChI=1S/C21H22N2O5/c24-14-22-19(21(26)27)13-15-1-3-16(4-2-15)17-5-7-18(8-6-17)20(25)23-9-11-28-12-10-23/h1-8,14,19H,9-13H2,(H,22,24)(H,26,27)/t19-/m0/s1. The Labute approximate surface area is 162 Å². The number of carbonyl (C=O) groups is 3. The SMILES string of the molecule is O=CN[C@@H](Cc1ccc(-c2ccc(C(=O)N3CCOCC3)cc2)cc1)C(=O)O. The monoisotopic (exact) mass is 382 g/mol. The number of hydrogen-bond acceptors (Lipinski definition) is 4. The number of rotatable bonds is 7. The highest BCUT2D eigenvalue weighted by Gasteiger charge is 2.19. The molecule has 1 atom stereocenters. The maximum Gasteiger partial charge on any atom is 0.326 e. The van der Waals surface area contributed by atoms with E-state index in [2.05, 4.69) is 5.32 Å². The van der Waals surface area contributed by atoms with Gasteiger partial charge in [-0.1, -0.05) is 36.4 Å². The number of amides is 2. The second-order valence-electron chi connectivity index (χ2n) is 6.56. The summed E-state index contributed by atoms with van der Waals surface area (Å²) in [6.45, 7) is 2.36. The average molecular weight is 382 g/mol. The summed E-state index contributed by atoms with van der Waals surface area (Å²) in [4.78, 5) is 35.9. The summed E-state index contributed by atoms with van der Waals surface area (Å²) < 4.78 is 5.28. The second-order valence-corrected chi connectivity index (χ2v) is 6.56. The molecule has 28 heavy (non-hydrogen) atoms. The van der Waals surface area contributed by atoms with E-state index in [0.717, 1.165) is 16.7 Å². The molecule has 0 radical (unpaired) electrons. The molecular formula is C21H22N2O5. The minimum atomic E-state index is -1.07. The Hall–Kier alpha value is -3.19. The number of ether oxygens (including phenoxy) is 1. The Morgan fingerprint density at radius 2 is 1.61 bits per heavy atom. The molecule has 1 heterocycles. The summed E-state index contributed by atoms with van der Waals surface area (Å²) in [6.07, 6.45) is 0.605. The van der Waals surface area contributed by atoms with Gasteiger partial charge in [0.1, 0.15) is 6.04 Å². The molecule has 146 valence electrons. The summed E-state index contributed by atoms with van der Waals surface area (Å²) in [6, 6.07) is 13.9. The molecule has 1 aliphatic heterocycles. The quantitative estimate of drug-likeness (QED) is 0.709. The number of morpholine rings is 1. The van der Waals surface area contributed by atoms with Crippen molar-refractivity contribution >= 4 is 18.3 Å². The van der Waals surface area contributed by atoms with Gasteiger partial charge in [-0.2, -0.15) is 0 Å². The molecule has 0 spiro atoms. The Bertz CT molecular complexity index is 827. The molecule has 2 N–H and O–H groups in total. The summed E-state index contributed by atoms with van der Waals surface area (Å²) in [7, 11) is 0. The summed E-state index contributed by atoms with van der Waals surface area (Å²) >= 11 is 0. The van der Waals surface area contributed by atoms with Crippen molar-refractivity contribution in [2.75, 3.05) is 26.3 Å². The van der Waals surface area contributed by atoms with Crippen molar-refractivity contribution in [2.24, 2.45) is 0 Å². The van der Waals surface area contributed by atoms with Crippen LogP contribution in [0.15, 0.2) is 48.5 Å². The maximum atomic E-state index is 12.5. The highest BCUT2D eigenvalue weighted by Crippen LogP contribution is 2.21. The lowest BCUT2D eigenvalue weighted by Gasteiger charge is -2.26. The molecule has 2 aromatic rings. The minimum Gasteiger partial charge on any atom is -0.480 e. The lowest BCUT2D eigenvalue weighted by atomic mass is 9.99. The molecule has 0 bridgehead atoms. The average Bonchev–Trinajstić information content (AvgIpc) is 2.74. The van der Waals surface area contributed by atoms with Gasteiger partial charge in [-0.3, -0.25) is 9.59 Å². The topological polar surface area (TPSA) is 95.9 Å². The van der Waals surface area contributed by atoms with Crippen molar-refractivity contribution in [2.45, 2.75) is 12.5 Å². The third kappa shape index (κ3) is 4.75. The number of benzene rings is 2. The molecule has 7 heteroatoms. The zero-order chi connectivity index (χ0) is 19.9. The van der Waals surface area contributed by atoms with Crippen LogP contribution >= 0.6 is 0 Å². The molecule has 1 fully saturated rings. The Morgan fingerprint density at radius 3 is 2.14 bits per heavy atom. The summed E-state index contributed by atoms with van der Waals surface area (Å²) in [5.41, 5.74) is 3.38. The van der Waals surface area contributed by atoms with Crippen molar-refractivity contribution in [3.8, 4) is 11.1 Å². The highest BCUT2D eigenvalue weighted by atomic mass is 16.5. The first-order chi connectivity index (χ1) is 13.6. The molecule has 2 aromatic carbocycles. The Balaban J connectivity index is 1.67. The first-order valence-corrected chi connectivity index (χ1v) is 9.07. The van der Waals surface area contributed by atoms with Crippen LogP contribution in [0.5, 0.6) is 0 Å². The third-order valence-corrected chi connectivity index (χ3v) is 4.72. The van der Waals surface area contributed by atoms with Crippen LogP contribution in [0, 0.1) is 0 Å². The van der Waals surface area contributed by atoms with Crippen LogP contribution in [0.2, 0.25) is 0 Å². The molecule has 7 nitrogen and oxygen atoms in total. The summed E-state index contributed by atoms with van der Waals surface area (Å²) in [5.74, 6) is -1.07. The van der Waals surface area contributed by atoms with E-state index in [-0.39, 0.29) is 12.3 Å². The van der Waals surface area contributed by atoms with E-state index >= 15 is 0 Å². The van der Waals surface area contributed by atoms with Gasteiger partial charge >= 0.3 is 5.97 Å². The number of hydrogen-bond donors (Lipinski definition) is 2. The zero-order valence-corrected chi connectivity index (χ0v) is 15.3. The van der Waals surface area contributed by atoms with Crippen molar-refractivity contribution < 1.29 is 24.2 Å². The largest absolute Gasteiger partial charge is 0.480 e. The first-order valence-electron chi connectivity index (χ1n) is 9.07. The number of carboxylic acid groups (broad SMARTS) is 1. The van der Waals surface area contributed by atoms with Gasteiger partial charge in [-0.25, -0.2) is 4.79 Å². The van der Waals surface area contributed by atoms with Crippen LogP contribution in [0.4, 0.5) is 0 Å². The molecule has 0 aliphatic carbocycles. The maximum absolute atomic E-state index is 12.5. The smallest absolute Gasteiger partial charge is 0.326 e. The van der Waals surface area contributed by atoms with Crippen LogP contribution in [0.3, 0.4) is 0 Å². The molecule has 0 unspecified atom stereocenters. The number of aliphatic carboxylic acids is 1. The highest BCUT2D eigenvalue weighted by molar-refractivity contribution is 5.94. The van der Waals surface area contributed by atoms with E-state index in [4.69, 9.17) is 9.84 Å². The molecule has 3 rings (SSSR count). The van der Waals surface area contributed by atoms with Crippen LogP contribution < -0.4 is 5.32 Å². The van der Waals surface area contributed by atoms with Crippen LogP contribution in [0.1, 0.15) is 15.9 Å². The molecule has 1 saturated heterocycles. The first kappa shape index (κ1) is 19.6. The third-order valence-electron chi connectivity index (χ3n) is 4.72. The van der Waals surface area contributed by atoms with Gasteiger partial charge in [0.2, 0.25) is 6.41 Å². The Kier molecular flexibility index (Phi) is 6.39. The number of carboxylic acids is 1. The fraction of sp³-hybridized carbons (Fsp3) is 0.286. The number of nitrogens with zero attached hydrogens (tertiary/aromatic N) is 1. The van der Waals surface area contributed by atoms with E-state index in [1.807, 2.05) is 48.5 Å². The van der Waals surface area contributed by atoms with E-state index in [0.29, 0.717) is 38.3 Å². The molecule has 0 aromatic heterocycles. The van der Waals surface area contributed by atoms with Crippen molar-refractivity contribution in [3.63, 3.8) is 0 Å². The van der Waals surface area contributed by atoms with Crippen molar-refractivity contribution in [3.05, 3.63) is 59.7 Å².